The summed E-state index contributed by atoms with van der Waals surface area (Å²) in [4.78, 5) is 18.7. The average molecular weight is 1730 g/mol. The first kappa shape index (κ1) is 107. The van der Waals surface area contributed by atoms with E-state index in [4.69, 9.17) is 4.98 Å². The summed E-state index contributed by atoms with van der Waals surface area (Å²) < 4.78 is 0. The third-order valence-electron chi connectivity index (χ3n) is 26.9. The number of pyridine rings is 4. The monoisotopic (exact) mass is 1730 g/mol. The van der Waals surface area contributed by atoms with E-state index in [0.717, 1.165) is 38.5 Å². The van der Waals surface area contributed by atoms with Crippen molar-refractivity contribution in [3.8, 4) is 0 Å². The SMILES string of the molecule is CC(C)(C)C1=CC=C(C(C)(C)C)C1.CC(C)(C)C1=CC=C(C(C)(C)C)C1.CC(C)(C)C1=Cc2cc(C(C)(C)C)ccc2C1.CC(C)(C)C1=Cc2cc(C(C)(C)C)cnc2C1.CC(C)(C)C1=Cc2ccc(C(C)(C)C)cc2C1.CC(C)(C)C1=Cc2ccc(C(C)(C)C)nc2C1.CC(C)(C)C1=Cc2cnc(C(C)(C)C)cc2C1.CC(C)(C)C1=Cc2ncc(C(C)(C)C)cc2C1. The van der Waals surface area contributed by atoms with Gasteiger partial charge in [-0.25, -0.2) is 0 Å². The predicted molar refractivity (Wildman–Crippen MR) is 568 cm³/mol. The molecule has 700 valence electrons. The summed E-state index contributed by atoms with van der Waals surface area (Å²) in [7, 11) is 0. The van der Waals surface area contributed by atoms with Gasteiger partial charge in [0.05, 0.1) is 17.1 Å². The Balaban J connectivity index is 0.000000201. The largest absolute Gasteiger partial charge is 0.260 e. The van der Waals surface area contributed by atoms with Crippen molar-refractivity contribution in [3.05, 3.63) is 266 Å². The molecule has 8 aliphatic carbocycles. The zero-order chi connectivity index (χ0) is 97.6. The lowest BCUT2D eigenvalue weighted by Gasteiger charge is -2.25. The maximum atomic E-state index is 4.84. The van der Waals surface area contributed by atoms with Gasteiger partial charge in [-0.15, -0.1) is 0 Å². The molecule has 0 saturated carbocycles. The molecule has 0 spiro atoms. The molecule has 0 saturated heterocycles. The maximum absolute atomic E-state index is 4.84. The van der Waals surface area contributed by atoms with Crippen LogP contribution >= 0.6 is 0 Å². The van der Waals surface area contributed by atoms with Gasteiger partial charge in [-0.3, -0.25) is 19.9 Å². The highest BCUT2D eigenvalue weighted by molar-refractivity contribution is 5.69. The first-order valence-corrected chi connectivity index (χ1v) is 48.8. The first-order chi connectivity index (χ1) is 57.5. The van der Waals surface area contributed by atoms with Crippen LogP contribution < -0.4 is 0 Å². The number of benzene rings is 2. The van der Waals surface area contributed by atoms with E-state index in [0.29, 0.717) is 32.5 Å². The van der Waals surface area contributed by atoms with Gasteiger partial charge < -0.3 is 0 Å². The van der Waals surface area contributed by atoms with E-state index < -0.39 is 0 Å². The number of aromatic nitrogens is 4. The standard InChI is InChI=1S/2C17H24.4C16H23N.2C13H22/c2*1-16(2,3)14-8-7-12-9-15(17(4,5)6)11-13(12)10-14;1-15(2,3)13-7-11-9-14(16(4,5)6)17-10-12(11)8-13;2*1-15(2,3)12-7-11-8-13(16(4,5)6)10-17-14(11)9-12;1-15(2,3)12-9-11-7-8-14(16(4,5)6)17-13(11)10-12;2*1-12(2,3)10-7-8-11(9-10)13(4,5)6/h7-8,10-11H,9H2,1-6H3;7-10H,11H2,1-6H3;2*8-10H,7H2,1-6H3;7-8,10H,9H2,1-6H3;7-9H,10H2,1-6H3;2*7-8H,9H2,1-6H3. The highest BCUT2D eigenvalue weighted by Crippen LogP contribution is 2.47. The summed E-state index contributed by atoms with van der Waals surface area (Å²) in [5, 5.41) is 0. The second-order valence-corrected chi connectivity index (χ2v) is 55.1. The minimum atomic E-state index is 0.138. The zero-order valence-corrected chi connectivity index (χ0v) is 91.3. The molecular formula is C124H184N4. The van der Waals surface area contributed by atoms with Crippen LogP contribution in [0.5, 0.6) is 0 Å². The van der Waals surface area contributed by atoms with Crippen molar-refractivity contribution in [1.29, 1.82) is 0 Å². The van der Waals surface area contributed by atoms with Crippen LogP contribution in [0.1, 0.15) is 446 Å². The fraction of sp³-hybridized carbons (Fsp3) is 0.581. The quantitative estimate of drug-likeness (QED) is 0.152. The van der Waals surface area contributed by atoms with Crippen molar-refractivity contribution < 1.29 is 0 Å². The van der Waals surface area contributed by atoms with Gasteiger partial charge in [0.1, 0.15) is 0 Å². The van der Waals surface area contributed by atoms with E-state index >= 15 is 0 Å². The lowest BCUT2D eigenvalue weighted by atomic mass is 9.80. The van der Waals surface area contributed by atoms with Crippen molar-refractivity contribution in [2.45, 2.75) is 416 Å². The molecule has 0 N–H and O–H groups in total. The molecule has 0 aliphatic heterocycles. The second-order valence-electron chi connectivity index (χ2n) is 55.1. The van der Waals surface area contributed by atoms with Crippen molar-refractivity contribution in [3.63, 3.8) is 0 Å². The Morgan fingerprint density at radius 3 is 0.891 bits per heavy atom. The minimum absolute atomic E-state index is 0.138. The molecule has 0 fully saturated rings. The topological polar surface area (TPSA) is 51.6 Å². The van der Waals surface area contributed by atoms with Crippen molar-refractivity contribution in [2.75, 3.05) is 0 Å². The Morgan fingerprint density at radius 2 is 0.484 bits per heavy atom. The van der Waals surface area contributed by atoms with Crippen molar-refractivity contribution >= 4 is 36.5 Å². The van der Waals surface area contributed by atoms with E-state index in [9.17, 15) is 0 Å². The van der Waals surface area contributed by atoms with Crippen LogP contribution in [0.25, 0.3) is 36.5 Å². The number of hydrogen-bond acceptors (Lipinski definition) is 4. The molecule has 0 radical (unpaired) electrons. The number of hydrogen-bond donors (Lipinski definition) is 0. The van der Waals surface area contributed by atoms with Crippen LogP contribution in [0, 0.1) is 54.1 Å². The smallest absolute Gasteiger partial charge is 0.0664 e. The first-order valence-electron chi connectivity index (χ1n) is 48.8. The van der Waals surface area contributed by atoms with Gasteiger partial charge in [-0.05, 0) is 211 Å². The highest BCUT2D eigenvalue weighted by atomic mass is 14.7. The molecule has 0 amide bonds. The van der Waals surface area contributed by atoms with Crippen LogP contribution in [0.4, 0.5) is 0 Å². The number of fused-ring (bicyclic) bond motifs is 6. The Kier molecular flexibility index (Phi) is 32.4. The van der Waals surface area contributed by atoms with Gasteiger partial charge in [0.2, 0.25) is 0 Å². The third kappa shape index (κ3) is 30.2. The molecule has 4 heterocycles. The summed E-state index contributed by atoms with van der Waals surface area (Å²) in [6.45, 7) is 109. The number of allylic oxidation sites excluding steroid dienone is 14. The molecule has 14 rings (SSSR count). The Bertz CT molecular complexity index is 4710. The van der Waals surface area contributed by atoms with Gasteiger partial charge in [0, 0.05) is 53.7 Å². The summed E-state index contributed by atoms with van der Waals surface area (Å²) >= 11 is 0. The molecule has 4 nitrogen and oxygen atoms in total. The van der Waals surface area contributed by atoms with Gasteiger partial charge in [0.25, 0.3) is 0 Å². The van der Waals surface area contributed by atoms with Crippen LogP contribution in [0.2, 0.25) is 0 Å². The zero-order valence-electron chi connectivity index (χ0n) is 91.3. The second kappa shape index (κ2) is 38.6. The lowest BCUT2D eigenvalue weighted by Crippen LogP contribution is -2.15. The molecule has 2 aromatic carbocycles. The van der Waals surface area contributed by atoms with Gasteiger partial charge in [-0.2, -0.15) is 0 Å². The molecular weight excluding hydrogens is 1550 g/mol. The van der Waals surface area contributed by atoms with Gasteiger partial charge in [-0.1, -0.05) is 491 Å². The predicted octanol–water partition coefficient (Wildman–Crippen LogP) is 36.1. The molecule has 8 aliphatic rings. The normalized spacial score (nSPS) is 16.3. The highest BCUT2D eigenvalue weighted by Gasteiger charge is 2.35. The van der Waals surface area contributed by atoms with Crippen LogP contribution in [-0.4, -0.2) is 19.9 Å². The van der Waals surface area contributed by atoms with Crippen LogP contribution in [0.3, 0.4) is 0 Å². The number of rotatable bonds is 0. The molecule has 0 atom stereocenters. The fourth-order valence-electron chi connectivity index (χ4n) is 16.1. The molecule has 4 aromatic heterocycles. The average Bonchev–Trinajstić information content (AvgIpc) is 1.66. The van der Waals surface area contributed by atoms with E-state index in [1.54, 1.807) is 33.4 Å². The molecule has 0 bridgehead atoms. The summed E-state index contributed by atoms with van der Waals surface area (Å²) in [6.07, 6.45) is 38.1. The lowest BCUT2D eigenvalue weighted by molar-refractivity contribution is 0.457. The molecule has 4 heteroatoms. The Hall–Kier alpha value is -7.56. The summed E-state index contributed by atoms with van der Waals surface area (Å²) in [5.41, 5.74) is 43.7. The molecule has 128 heavy (non-hydrogen) atoms. The molecule has 0 unspecified atom stereocenters. The Labute approximate surface area is 787 Å². The molecule has 6 aromatic rings. The van der Waals surface area contributed by atoms with Gasteiger partial charge >= 0.3 is 0 Å². The maximum Gasteiger partial charge on any atom is 0.0664 e. The van der Waals surface area contributed by atoms with Crippen LogP contribution in [0.15, 0.2) is 165 Å². The fourth-order valence-corrected chi connectivity index (χ4v) is 16.1. The summed E-state index contributed by atoms with van der Waals surface area (Å²) in [5.74, 6) is 0. The van der Waals surface area contributed by atoms with E-state index in [1.165, 1.54) is 136 Å². The number of nitrogens with zero attached hydrogens (tertiary/aromatic N) is 4. The van der Waals surface area contributed by atoms with Crippen molar-refractivity contribution in [2.24, 2.45) is 54.1 Å². The van der Waals surface area contributed by atoms with Crippen molar-refractivity contribution in [1.82, 2.24) is 19.9 Å². The van der Waals surface area contributed by atoms with Gasteiger partial charge in [0.15, 0.2) is 0 Å². The summed E-state index contributed by atoms with van der Waals surface area (Å²) in [6, 6.07) is 25.2. The van der Waals surface area contributed by atoms with E-state index in [2.05, 4.69) is 475 Å². The van der Waals surface area contributed by atoms with E-state index in [1.807, 2.05) is 18.6 Å². The third-order valence-corrected chi connectivity index (χ3v) is 26.9. The minimum Gasteiger partial charge on any atom is -0.260 e. The van der Waals surface area contributed by atoms with E-state index in [-0.39, 0.29) is 54.1 Å². The van der Waals surface area contributed by atoms with Crippen LogP contribution in [-0.2, 0) is 71.0 Å². The Morgan fingerprint density at radius 1 is 0.180 bits per heavy atom.